The molecule has 1 aromatic heterocycles. The molecule has 2 atom stereocenters. The Morgan fingerprint density at radius 2 is 1.43 bits per heavy atom. The SMILES string of the molecule is COC(=O)[C@](c1ccc(OC)cc1)(c1cn(C)c2ccccc12)[C@@H](Nc1ccccc1)c1ccccc1. The summed E-state index contributed by atoms with van der Waals surface area (Å²) in [5.41, 5.74) is 3.32. The topological polar surface area (TPSA) is 52.5 Å². The number of methoxy groups -OCH3 is 2. The lowest BCUT2D eigenvalue weighted by atomic mass is 9.66. The fraction of sp³-hybridized carbons (Fsp3) is 0.156. The molecule has 5 rings (SSSR count). The van der Waals surface area contributed by atoms with Gasteiger partial charge >= 0.3 is 5.97 Å². The van der Waals surface area contributed by atoms with Crippen molar-refractivity contribution in [3.05, 3.63) is 132 Å². The molecule has 37 heavy (non-hydrogen) atoms. The normalized spacial score (nSPS) is 13.5. The first-order valence-electron chi connectivity index (χ1n) is 12.2. The Hall–Kier alpha value is -4.51. The Kier molecular flexibility index (Phi) is 6.69. The van der Waals surface area contributed by atoms with E-state index in [1.54, 1.807) is 7.11 Å². The van der Waals surface area contributed by atoms with Gasteiger partial charge in [-0.25, -0.2) is 0 Å². The highest BCUT2D eigenvalue weighted by atomic mass is 16.5. The lowest BCUT2D eigenvalue weighted by Crippen LogP contribution is -2.46. The Morgan fingerprint density at radius 3 is 2.08 bits per heavy atom. The summed E-state index contributed by atoms with van der Waals surface area (Å²) in [6, 6.07) is 35.4. The molecule has 4 aromatic carbocycles. The van der Waals surface area contributed by atoms with Crippen molar-refractivity contribution >= 4 is 22.6 Å². The number of aromatic nitrogens is 1. The van der Waals surface area contributed by atoms with Gasteiger partial charge < -0.3 is 19.4 Å². The number of aryl methyl sites for hydroxylation is 1. The number of nitrogens with zero attached hydrogens (tertiary/aromatic N) is 1. The van der Waals surface area contributed by atoms with Crippen LogP contribution in [0.3, 0.4) is 0 Å². The fourth-order valence-electron chi connectivity index (χ4n) is 5.28. The third kappa shape index (κ3) is 4.23. The van der Waals surface area contributed by atoms with Crippen LogP contribution in [0.1, 0.15) is 22.7 Å². The number of carbonyl (C=O) groups is 1. The molecule has 0 spiro atoms. The zero-order valence-corrected chi connectivity index (χ0v) is 21.2. The highest BCUT2D eigenvalue weighted by Crippen LogP contribution is 2.49. The van der Waals surface area contributed by atoms with E-state index in [-0.39, 0.29) is 5.97 Å². The minimum atomic E-state index is -1.24. The Morgan fingerprint density at radius 1 is 0.811 bits per heavy atom. The first-order chi connectivity index (χ1) is 18.1. The molecule has 1 heterocycles. The van der Waals surface area contributed by atoms with Crippen LogP contribution in [0.25, 0.3) is 10.9 Å². The second-order valence-corrected chi connectivity index (χ2v) is 9.05. The number of para-hydroxylation sites is 2. The second-order valence-electron chi connectivity index (χ2n) is 9.05. The van der Waals surface area contributed by atoms with Gasteiger partial charge in [-0.05, 0) is 41.5 Å². The van der Waals surface area contributed by atoms with Gasteiger partial charge in [0.2, 0.25) is 0 Å². The summed E-state index contributed by atoms with van der Waals surface area (Å²) in [6.07, 6.45) is 2.05. The monoisotopic (exact) mass is 490 g/mol. The zero-order chi connectivity index (χ0) is 25.8. The molecule has 0 fully saturated rings. The summed E-state index contributed by atoms with van der Waals surface area (Å²) < 4.78 is 13.2. The molecular weight excluding hydrogens is 460 g/mol. The van der Waals surface area contributed by atoms with E-state index in [2.05, 4.69) is 28.2 Å². The van der Waals surface area contributed by atoms with Crippen LogP contribution in [0.2, 0.25) is 0 Å². The van der Waals surface area contributed by atoms with E-state index in [0.717, 1.165) is 33.3 Å². The van der Waals surface area contributed by atoms with Crippen LogP contribution in [0, 0.1) is 0 Å². The van der Waals surface area contributed by atoms with E-state index in [1.807, 2.05) is 104 Å². The maximum Gasteiger partial charge on any atom is 0.323 e. The van der Waals surface area contributed by atoms with Crippen molar-refractivity contribution < 1.29 is 14.3 Å². The molecule has 0 saturated carbocycles. The van der Waals surface area contributed by atoms with Crippen molar-refractivity contribution in [1.82, 2.24) is 4.57 Å². The molecule has 186 valence electrons. The predicted octanol–water partition coefficient (Wildman–Crippen LogP) is 6.50. The Labute approximate surface area is 217 Å². The van der Waals surface area contributed by atoms with E-state index < -0.39 is 11.5 Å². The number of anilines is 1. The summed E-state index contributed by atoms with van der Waals surface area (Å²) in [5, 5.41) is 4.70. The van der Waals surface area contributed by atoms with Crippen molar-refractivity contribution in [2.24, 2.45) is 7.05 Å². The molecule has 0 aliphatic rings. The zero-order valence-electron chi connectivity index (χ0n) is 21.2. The van der Waals surface area contributed by atoms with Crippen LogP contribution in [0.15, 0.2) is 115 Å². The van der Waals surface area contributed by atoms with Crippen LogP contribution in [-0.2, 0) is 22.0 Å². The van der Waals surface area contributed by atoms with Crippen LogP contribution >= 0.6 is 0 Å². The third-order valence-electron chi connectivity index (χ3n) is 7.03. The first-order valence-corrected chi connectivity index (χ1v) is 12.2. The molecule has 5 heteroatoms. The molecule has 0 bridgehead atoms. The number of carbonyl (C=O) groups excluding carboxylic acids is 1. The number of fused-ring (bicyclic) bond motifs is 1. The Bertz CT molecular complexity index is 1490. The number of benzene rings is 4. The van der Waals surface area contributed by atoms with Gasteiger partial charge in [0.15, 0.2) is 0 Å². The quantitative estimate of drug-likeness (QED) is 0.252. The van der Waals surface area contributed by atoms with E-state index in [1.165, 1.54) is 7.11 Å². The number of rotatable bonds is 8. The number of hydrogen-bond acceptors (Lipinski definition) is 4. The average molecular weight is 491 g/mol. The molecule has 0 amide bonds. The molecule has 1 N–H and O–H groups in total. The summed E-state index contributed by atoms with van der Waals surface area (Å²) >= 11 is 0. The van der Waals surface area contributed by atoms with Gasteiger partial charge in [-0.2, -0.15) is 0 Å². The number of ether oxygens (including phenoxy) is 2. The minimum Gasteiger partial charge on any atom is -0.497 e. The van der Waals surface area contributed by atoms with Crippen LogP contribution in [-0.4, -0.2) is 24.8 Å². The lowest BCUT2D eigenvalue weighted by molar-refractivity contribution is -0.146. The highest BCUT2D eigenvalue weighted by Gasteiger charge is 2.52. The van der Waals surface area contributed by atoms with Crippen molar-refractivity contribution in [1.29, 1.82) is 0 Å². The first kappa shape index (κ1) is 24.2. The third-order valence-corrected chi connectivity index (χ3v) is 7.03. The molecule has 0 saturated heterocycles. The van der Waals surface area contributed by atoms with Crippen molar-refractivity contribution in [3.8, 4) is 5.75 Å². The average Bonchev–Trinajstić information content (AvgIpc) is 3.30. The summed E-state index contributed by atoms with van der Waals surface area (Å²) in [7, 11) is 5.09. The van der Waals surface area contributed by atoms with Gasteiger partial charge in [0.05, 0.1) is 20.3 Å². The summed E-state index contributed by atoms with van der Waals surface area (Å²) in [5.74, 6) is 0.360. The van der Waals surface area contributed by atoms with E-state index in [0.29, 0.717) is 5.75 Å². The molecule has 0 aliphatic heterocycles. The molecular formula is C32H30N2O3. The number of hydrogen-bond donors (Lipinski definition) is 1. The molecule has 5 aromatic rings. The van der Waals surface area contributed by atoms with Crippen molar-refractivity contribution in [2.75, 3.05) is 19.5 Å². The van der Waals surface area contributed by atoms with Crippen LogP contribution < -0.4 is 10.1 Å². The minimum absolute atomic E-state index is 0.355. The second kappa shape index (κ2) is 10.2. The molecule has 0 unspecified atom stereocenters. The smallest absolute Gasteiger partial charge is 0.323 e. The van der Waals surface area contributed by atoms with Crippen molar-refractivity contribution in [3.63, 3.8) is 0 Å². The van der Waals surface area contributed by atoms with Crippen LogP contribution in [0.4, 0.5) is 5.69 Å². The van der Waals surface area contributed by atoms with Gasteiger partial charge in [-0.15, -0.1) is 0 Å². The molecule has 0 aliphatic carbocycles. The summed E-state index contributed by atoms with van der Waals surface area (Å²) in [6.45, 7) is 0. The molecule has 5 nitrogen and oxygen atoms in total. The van der Waals surface area contributed by atoms with Gasteiger partial charge in [0.1, 0.15) is 11.2 Å². The maximum atomic E-state index is 14.3. The van der Waals surface area contributed by atoms with Crippen LogP contribution in [0.5, 0.6) is 5.75 Å². The number of esters is 1. The van der Waals surface area contributed by atoms with Gasteiger partial charge in [-0.3, -0.25) is 4.79 Å². The highest BCUT2D eigenvalue weighted by molar-refractivity contribution is 5.97. The largest absolute Gasteiger partial charge is 0.497 e. The molecule has 0 radical (unpaired) electrons. The Balaban J connectivity index is 1.89. The fourth-order valence-corrected chi connectivity index (χ4v) is 5.28. The van der Waals surface area contributed by atoms with E-state index in [4.69, 9.17) is 9.47 Å². The van der Waals surface area contributed by atoms with Crippen molar-refractivity contribution in [2.45, 2.75) is 11.5 Å². The van der Waals surface area contributed by atoms with Gasteiger partial charge in [0.25, 0.3) is 0 Å². The van der Waals surface area contributed by atoms with E-state index in [9.17, 15) is 4.79 Å². The standard InChI is InChI=1S/C32H30N2O3/c1-34-22-28(27-16-10-11-17-29(27)34)32(31(35)37-3,24-18-20-26(36-2)21-19-24)30(23-12-6-4-7-13-23)33-25-14-8-5-9-15-25/h4-22,30,33H,1-3H3/t30-,32+/m0/s1. The lowest BCUT2D eigenvalue weighted by Gasteiger charge is -2.40. The number of nitrogens with one attached hydrogen (secondary N) is 1. The maximum absolute atomic E-state index is 14.3. The summed E-state index contributed by atoms with van der Waals surface area (Å²) in [4.78, 5) is 14.3. The van der Waals surface area contributed by atoms with E-state index >= 15 is 0 Å². The predicted molar refractivity (Wildman–Crippen MR) is 148 cm³/mol. The van der Waals surface area contributed by atoms with Gasteiger partial charge in [0, 0.05) is 35.4 Å². The van der Waals surface area contributed by atoms with Gasteiger partial charge in [-0.1, -0.05) is 78.9 Å².